The molecule has 0 aliphatic rings. The molecular weight excluding hydrogens is 248 g/mol. The summed E-state index contributed by atoms with van der Waals surface area (Å²) in [6.45, 7) is 0.185. The molecule has 0 saturated heterocycles. The lowest BCUT2D eigenvalue weighted by Gasteiger charge is -2.17. The second kappa shape index (κ2) is 6.39. The van der Waals surface area contributed by atoms with Crippen LogP contribution in [0.4, 0.5) is 11.4 Å². The number of nitrogens with zero attached hydrogens (tertiary/aromatic N) is 1. The molecule has 0 spiro atoms. The van der Waals surface area contributed by atoms with Crippen molar-refractivity contribution < 1.29 is 14.8 Å². The highest BCUT2D eigenvalue weighted by atomic mass is 35.5. The largest absolute Gasteiger partial charge is 0.394 e. The van der Waals surface area contributed by atoms with Crippen molar-refractivity contribution >= 4 is 23.0 Å². The molecule has 1 rings (SSSR count). The van der Waals surface area contributed by atoms with Crippen LogP contribution in [0.25, 0.3) is 0 Å². The number of aliphatic hydroxyl groups is 1. The minimum atomic E-state index is -0.520. The van der Waals surface area contributed by atoms with Crippen LogP contribution in [0, 0.1) is 10.1 Å². The van der Waals surface area contributed by atoms with Crippen molar-refractivity contribution in [3.05, 3.63) is 33.3 Å². The number of non-ortho nitro benzene ring substituents is 1. The van der Waals surface area contributed by atoms with E-state index in [0.29, 0.717) is 12.3 Å². The molecular formula is C10H13ClN2O4. The third kappa shape index (κ3) is 3.85. The van der Waals surface area contributed by atoms with Gasteiger partial charge in [-0.15, -0.1) is 0 Å². The topological polar surface area (TPSA) is 84.6 Å². The Bertz CT molecular complexity index is 400. The molecule has 2 N–H and O–H groups in total. The Labute approximate surface area is 103 Å². The molecule has 1 aromatic rings. The number of nitro benzene ring substituents is 1. The number of rotatable bonds is 6. The highest BCUT2D eigenvalue weighted by Gasteiger charge is 2.12. The van der Waals surface area contributed by atoms with E-state index < -0.39 is 4.92 Å². The first kappa shape index (κ1) is 13.7. The standard InChI is InChI=1S/C10H13ClN2O4/c1-17-6-7(5-14)12-10-3-2-8(13(15)16)4-9(10)11/h2-4,7,12,14H,5-6H2,1H3. The minimum Gasteiger partial charge on any atom is -0.394 e. The zero-order valence-corrected chi connectivity index (χ0v) is 9.98. The molecule has 0 amide bonds. The average Bonchev–Trinajstić information content (AvgIpc) is 2.30. The molecule has 0 saturated carbocycles. The molecule has 6 nitrogen and oxygen atoms in total. The molecule has 1 aromatic carbocycles. The van der Waals surface area contributed by atoms with Crippen LogP contribution in [0.2, 0.25) is 5.02 Å². The number of nitro groups is 1. The van der Waals surface area contributed by atoms with Crippen molar-refractivity contribution in [2.24, 2.45) is 0 Å². The van der Waals surface area contributed by atoms with E-state index in [4.69, 9.17) is 21.4 Å². The molecule has 1 atom stereocenters. The predicted octanol–water partition coefficient (Wildman–Crippen LogP) is 1.67. The monoisotopic (exact) mass is 260 g/mol. The van der Waals surface area contributed by atoms with Crippen LogP contribution < -0.4 is 5.32 Å². The summed E-state index contributed by atoms with van der Waals surface area (Å²) in [5.74, 6) is 0. The zero-order valence-electron chi connectivity index (χ0n) is 9.22. The van der Waals surface area contributed by atoms with E-state index in [0.717, 1.165) is 0 Å². The third-order valence-electron chi connectivity index (χ3n) is 2.11. The Morgan fingerprint density at radius 1 is 1.65 bits per heavy atom. The lowest BCUT2D eigenvalue weighted by atomic mass is 10.2. The first-order chi connectivity index (χ1) is 8.08. The molecule has 0 aliphatic heterocycles. The summed E-state index contributed by atoms with van der Waals surface area (Å²) in [5.41, 5.74) is 0.446. The third-order valence-corrected chi connectivity index (χ3v) is 2.42. The molecule has 0 aliphatic carbocycles. The van der Waals surface area contributed by atoms with Gasteiger partial charge in [0, 0.05) is 19.2 Å². The smallest absolute Gasteiger partial charge is 0.271 e. The maximum absolute atomic E-state index is 10.5. The van der Waals surface area contributed by atoms with E-state index in [2.05, 4.69) is 5.32 Å². The summed E-state index contributed by atoms with van der Waals surface area (Å²) < 4.78 is 4.90. The number of hydrogen-bond donors (Lipinski definition) is 2. The number of hydrogen-bond acceptors (Lipinski definition) is 5. The van der Waals surface area contributed by atoms with Crippen molar-refractivity contribution in [1.82, 2.24) is 0 Å². The first-order valence-corrected chi connectivity index (χ1v) is 5.26. The van der Waals surface area contributed by atoms with E-state index in [1.807, 2.05) is 0 Å². The second-order valence-electron chi connectivity index (χ2n) is 3.40. The number of ether oxygens (including phenoxy) is 1. The number of halogens is 1. The van der Waals surface area contributed by atoms with Gasteiger partial charge in [-0.3, -0.25) is 10.1 Å². The lowest BCUT2D eigenvalue weighted by molar-refractivity contribution is -0.384. The van der Waals surface area contributed by atoms with Crippen LogP contribution in [-0.2, 0) is 4.74 Å². The van der Waals surface area contributed by atoms with Crippen molar-refractivity contribution in [2.75, 3.05) is 25.6 Å². The number of nitrogens with one attached hydrogen (secondary N) is 1. The van der Waals surface area contributed by atoms with Gasteiger partial charge in [-0.25, -0.2) is 0 Å². The van der Waals surface area contributed by atoms with Crippen LogP contribution in [0.3, 0.4) is 0 Å². The molecule has 17 heavy (non-hydrogen) atoms. The summed E-state index contributed by atoms with van der Waals surface area (Å²) >= 11 is 5.89. The Hall–Kier alpha value is -1.37. The number of aliphatic hydroxyl groups excluding tert-OH is 1. The van der Waals surface area contributed by atoms with Gasteiger partial charge in [-0.05, 0) is 6.07 Å². The van der Waals surface area contributed by atoms with Gasteiger partial charge in [0.2, 0.25) is 0 Å². The van der Waals surface area contributed by atoms with Crippen molar-refractivity contribution in [1.29, 1.82) is 0 Å². The number of methoxy groups -OCH3 is 1. The Balaban J connectivity index is 2.81. The number of benzene rings is 1. The van der Waals surface area contributed by atoms with Gasteiger partial charge in [0.05, 0.1) is 34.9 Å². The van der Waals surface area contributed by atoms with Crippen LogP contribution in [0.5, 0.6) is 0 Å². The highest BCUT2D eigenvalue weighted by Crippen LogP contribution is 2.27. The molecule has 0 bridgehead atoms. The molecule has 0 fully saturated rings. The average molecular weight is 261 g/mol. The zero-order chi connectivity index (χ0) is 12.8. The van der Waals surface area contributed by atoms with Gasteiger partial charge >= 0.3 is 0 Å². The molecule has 7 heteroatoms. The van der Waals surface area contributed by atoms with E-state index in [-0.39, 0.29) is 23.4 Å². The summed E-state index contributed by atoms with van der Waals surface area (Å²) in [7, 11) is 1.52. The van der Waals surface area contributed by atoms with Crippen molar-refractivity contribution in [3.63, 3.8) is 0 Å². The highest BCUT2D eigenvalue weighted by molar-refractivity contribution is 6.33. The Kier molecular flexibility index (Phi) is 5.14. The maximum Gasteiger partial charge on any atom is 0.271 e. The normalized spacial score (nSPS) is 12.2. The number of anilines is 1. The van der Waals surface area contributed by atoms with Gasteiger partial charge in [0.25, 0.3) is 5.69 Å². The second-order valence-corrected chi connectivity index (χ2v) is 3.81. The van der Waals surface area contributed by atoms with Crippen LogP contribution in [0.15, 0.2) is 18.2 Å². The van der Waals surface area contributed by atoms with Gasteiger partial charge in [-0.1, -0.05) is 11.6 Å². The van der Waals surface area contributed by atoms with Crippen molar-refractivity contribution in [2.45, 2.75) is 6.04 Å². The van der Waals surface area contributed by atoms with Gasteiger partial charge in [0.1, 0.15) is 0 Å². The quantitative estimate of drug-likeness (QED) is 0.600. The van der Waals surface area contributed by atoms with E-state index >= 15 is 0 Å². The van der Waals surface area contributed by atoms with Crippen molar-refractivity contribution in [3.8, 4) is 0 Å². The summed E-state index contributed by atoms with van der Waals surface area (Å²) in [5, 5.41) is 22.7. The molecule has 1 unspecified atom stereocenters. The molecule has 0 heterocycles. The predicted molar refractivity (Wildman–Crippen MR) is 64.5 cm³/mol. The fraction of sp³-hybridized carbons (Fsp3) is 0.400. The minimum absolute atomic E-state index is 0.0761. The van der Waals surface area contributed by atoms with Gasteiger partial charge in [0.15, 0.2) is 0 Å². The summed E-state index contributed by atoms with van der Waals surface area (Å²) in [6, 6.07) is 3.79. The Morgan fingerprint density at radius 3 is 2.82 bits per heavy atom. The van der Waals surface area contributed by atoms with E-state index in [1.54, 1.807) is 0 Å². The van der Waals surface area contributed by atoms with Crippen LogP contribution in [0.1, 0.15) is 0 Å². The van der Waals surface area contributed by atoms with Gasteiger partial charge in [-0.2, -0.15) is 0 Å². The van der Waals surface area contributed by atoms with E-state index in [9.17, 15) is 10.1 Å². The van der Waals surface area contributed by atoms with Crippen LogP contribution in [-0.4, -0.2) is 36.4 Å². The van der Waals surface area contributed by atoms with Crippen LogP contribution >= 0.6 is 11.6 Å². The fourth-order valence-corrected chi connectivity index (χ4v) is 1.53. The molecule has 0 aromatic heterocycles. The summed E-state index contributed by atoms with van der Waals surface area (Å²) in [6.07, 6.45) is 0. The molecule has 94 valence electrons. The fourth-order valence-electron chi connectivity index (χ4n) is 1.30. The van der Waals surface area contributed by atoms with E-state index in [1.165, 1.54) is 25.3 Å². The molecule has 0 radical (unpaired) electrons. The first-order valence-electron chi connectivity index (χ1n) is 4.88. The van der Waals surface area contributed by atoms with Gasteiger partial charge < -0.3 is 15.2 Å². The summed E-state index contributed by atoms with van der Waals surface area (Å²) in [4.78, 5) is 9.99. The lowest BCUT2D eigenvalue weighted by Crippen LogP contribution is -2.28. The Morgan fingerprint density at radius 2 is 2.35 bits per heavy atom. The maximum atomic E-state index is 10.5. The SMILES string of the molecule is COCC(CO)Nc1ccc([N+](=O)[O-])cc1Cl.